The number of carbonyl (C=O) groups is 1. The van der Waals surface area contributed by atoms with Crippen molar-refractivity contribution in [1.29, 1.82) is 0 Å². The summed E-state index contributed by atoms with van der Waals surface area (Å²) in [4.78, 5) is 10.7. The summed E-state index contributed by atoms with van der Waals surface area (Å²) in [5.74, 6) is -0.261. The molecule has 0 amide bonds. The van der Waals surface area contributed by atoms with E-state index in [9.17, 15) is 4.79 Å². The van der Waals surface area contributed by atoms with Gasteiger partial charge in [0, 0.05) is 10.6 Å². The van der Waals surface area contributed by atoms with Gasteiger partial charge in [-0.1, -0.05) is 18.2 Å². The average Bonchev–Trinajstić information content (AvgIpc) is 2.78. The summed E-state index contributed by atoms with van der Waals surface area (Å²) in [5, 5.41) is 9.41. The first-order valence-electron chi connectivity index (χ1n) is 4.86. The molecule has 0 aliphatic carbocycles. The summed E-state index contributed by atoms with van der Waals surface area (Å²) in [6.45, 7) is 3.43. The summed E-state index contributed by atoms with van der Waals surface area (Å²) in [7, 11) is 0. The summed E-state index contributed by atoms with van der Waals surface area (Å²) < 4.78 is 5.41. The van der Waals surface area contributed by atoms with Crippen molar-refractivity contribution in [3.63, 3.8) is 0 Å². The highest BCUT2D eigenvalue weighted by Gasteiger charge is 2.12. The summed E-state index contributed by atoms with van der Waals surface area (Å²) >= 11 is 5.77. The standard InChI is InChI=1S/C13H9ClO3/c1-8(13(15)16)11-6-7-12(17-11)9-2-4-10(14)5-3-9/h2-7H,1H2,(H,15,16). The van der Waals surface area contributed by atoms with E-state index in [1.165, 1.54) is 0 Å². The second-order valence-corrected chi connectivity index (χ2v) is 3.89. The van der Waals surface area contributed by atoms with Gasteiger partial charge in [0.25, 0.3) is 0 Å². The van der Waals surface area contributed by atoms with E-state index >= 15 is 0 Å². The predicted octanol–water partition coefficient (Wildman–Crippen LogP) is 3.70. The number of aliphatic carboxylic acids is 1. The van der Waals surface area contributed by atoms with Crippen LogP contribution >= 0.6 is 11.6 Å². The lowest BCUT2D eigenvalue weighted by atomic mass is 10.2. The van der Waals surface area contributed by atoms with E-state index < -0.39 is 5.97 Å². The van der Waals surface area contributed by atoms with Gasteiger partial charge in [-0.15, -0.1) is 0 Å². The molecule has 0 unspecified atom stereocenters. The summed E-state index contributed by atoms with van der Waals surface area (Å²) in [6, 6.07) is 10.4. The van der Waals surface area contributed by atoms with E-state index in [1.807, 2.05) is 0 Å². The Kier molecular flexibility index (Phi) is 3.02. The molecule has 86 valence electrons. The van der Waals surface area contributed by atoms with Gasteiger partial charge in [0.2, 0.25) is 0 Å². The molecule has 3 nitrogen and oxygen atoms in total. The first kappa shape index (κ1) is 11.5. The first-order chi connectivity index (χ1) is 8.08. The number of carboxylic acids is 1. The molecular weight excluding hydrogens is 240 g/mol. The smallest absolute Gasteiger partial charge is 0.338 e. The number of hydrogen-bond acceptors (Lipinski definition) is 2. The fraction of sp³-hybridized carbons (Fsp3) is 0. The molecule has 17 heavy (non-hydrogen) atoms. The van der Waals surface area contributed by atoms with E-state index in [-0.39, 0.29) is 11.3 Å². The molecule has 0 saturated carbocycles. The maximum absolute atomic E-state index is 10.7. The van der Waals surface area contributed by atoms with Gasteiger partial charge in [0.05, 0.1) is 5.57 Å². The fourth-order valence-corrected chi connectivity index (χ4v) is 1.50. The third-order valence-electron chi connectivity index (χ3n) is 2.29. The third kappa shape index (κ3) is 2.40. The lowest BCUT2D eigenvalue weighted by molar-refractivity contribution is -0.130. The van der Waals surface area contributed by atoms with Crippen molar-refractivity contribution in [1.82, 2.24) is 0 Å². The van der Waals surface area contributed by atoms with E-state index in [4.69, 9.17) is 21.1 Å². The number of benzene rings is 1. The quantitative estimate of drug-likeness (QED) is 0.843. The lowest BCUT2D eigenvalue weighted by Crippen LogP contribution is -1.95. The van der Waals surface area contributed by atoms with Crippen LogP contribution < -0.4 is 0 Å². The molecule has 0 saturated heterocycles. The van der Waals surface area contributed by atoms with Crippen molar-refractivity contribution in [2.24, 2.45) is 0 Å². The largest absolute Gasteiger partial charge is 0.478 e. The molecule has 0 fully saturated rings. The molecule has 0 spiro atoms. The third-order valence-corrected chi connectivity index (χ3v) is 2.54. The highest BCUT2D eigenvalue weighted by molar-refractivity contribution is 6.30. The van der Waals surface area contributed by atoms with Crippen LogP contribution in [-0.2, 0) is 4.79 Å². The van der Waals surface area contributed by atoms with Crippen molar-refractivity contribution in [3.8, 4) is 11.3 Å². The van der Waals surface area contributed by atoms with E-state index in [2.05, 4.69) is 6.58 Å². The Morgan fingerprint density at radius 2 is 1.82 bits per heavy atom. The van der Waals surface area contributed by atoms with Crippen LogP contribution in [0.3, 0.4) is 0 Å². The van der Waals surface area contributed by atoms with Crippen LogP contribution in [0.4, 0.5) is 0 Å². The number of rotatable bonds is 3. The molecule has 0 atom stereocenters. The molecule has 1 heterocycles. The molecule has 1 N–H and O–H groups in total. The Morgan fingerprint density at radius 1 is 1.18 bits per heavy atom. The van der Waals surface area contributed by atoms with Crippen LogP contribution in [0.15, 0.2) is 47.4 Å². The molecular formula is C13H9ClO3. The van der Waals surface area contributed by atoms with Gasteiger partial charge in [0.1, 0.15) is 11.5 Å². The number of furan rings is 1. The Balaban J connectivity index is 2.33. The summed E-state index contributed by atoms with van der Waals surface area (Å²) in [6.07, 6.45) is 0. The molecule has 1 aromatic carbocycles. The zero-order valence-electron chi connectivity index (χ0n) is 8.81. The van der Waals surface area contributed by atoms with Crippen LogP contribution in [-0.4, -0.2) is 11.1 Å². The Morgan fingerprint density at radius 3 is 2.41 bits per heavy atom. The van der Waals surface area contributed by atoms with Crippen molar-refractivity contribution in [2.75, 3.05) is 0 Å². The topological polar surface area (TPSA) is 50.4 Å². The minimum atomic E-state index is -1.10. The van der Waals surface area contributed by atoms with E-state index in [0.717, 1.165) is 5.56 Å². The van der Waals surface area contributed by atoms with Crippen LogP contribution in [0, 0.1) is 0 Å². The minimum absolute atomic E-state index is 0.0646. The van der Waals surface area contributed by atoms with Gasteiger partial charge in [-0.05, 0) is 36.4 Å². The number of halogens is 1. The average molecular weight is 249 g/mol. The molecule has 0 aliphatic heterocycles. The maximum Gasteiger partial charge on any atom is 0.338 e. The second-order valence-electron chi connectivity index (χ2n) is 3.45. The minimum Gasteiger partial charge on any atom is -0.478 e. The zero-order valence-corrected chi connectivity index (χ0v) is 9.57. The van der Waals surface area contributed by atoms with Crippen LogP contribution in [0.1, 0.15) is 5.76 Å². The molecule has 4 heteroatoms. The molecule has 0 bridgehead atoms. The highest BCUT2D eigenvalue weighted by Crippen LogP contribution is 2.26. The van der Waals surface area contributed by atoms with Gasteiger partial charge in [-0.2, -0.15) is 0 Å². The van der Waals surface area contributed by atoms with Gasteiger partial charge in [-0.25, -0.2) is 4.79 Å². The summed E-state index contributed by atoms with van der Waals surface area (Å²) in [5.41, 5.74) is 0.768. The number of carboxylic acid groups (broad SMARTS) is 1. The molecule has 0 radical (unpaired) electrons. The Bertz CT molecular complexity index is 567. The van der Waals surface area contributed by atoms with Crippen LogP contribution in [0.2, 0.25) is 5.02 Å². The molecule has 0 aliphatic rings. The van der Waals surface area contributed by atoms with Crippen LogP contribution in [0.25, 0.3) is 16.9 Å². The van der Waals surface area contributed by atoms with Crippen molar-refractivity contribution < 1.29 is 14.3 Å². The van der Waals surface area contributed by atoms with E-state index in [1.54, 1.807) is 36.4 Å². The van der Waals surface area contributed by atoms with Crippen molar-refractivity contribution in [2.45, 2.75) is 0 Å². The molecule has 2 aromatic rings. The molecule has 2 rings (SSSR count). The Hall–Kier alpha value is -2.00. The van der Waals surface area contributed by atoms with Gasteiger partial charge in [-0.3, -0.25) is 0 Å². The lowest BCUT2D eigenvalue weighted by Gasteiger charge is -1.97. The van der Waals surface area contributed by atoms with Crippen LogP contribution in [0.5, 0.6) is 0 Å². The Labute approximate surface area is 103 Å². The first-order valence-corrected chi connectivity index (χ1v) is 5.24. The maximum atomic E-state index is 10.7. The zero-order chi connectivity index (χ0) is 12.4. The number of hydrogen-bond donors (Lipinski definition) is 1. The van der Waals surface area contributed by atoms with Crippen molar-refractivity contribution in [3.05, 3.63) is 53.8 Å². The van der Waals surface area contributed by atoms with Gasteiger partial charge >= 0.3 is 5.97 Å². The highest BCUT2D eigenvalue weighted by atomic mass is 35.5. The van der Waals surface area contributed by atoms with Gasteiger partial charge < -0.3 is 9.52 Å². The van der Waals surface area contributed by atoms with E-state index in [0.29, 0.717) is 10.8 Å². The normalized spacial score (nSPS) is 10.2. The monoisotopic (exact) mass is 248 g/mol. The van der Waals surface area contributed by atoms with Gasteiger partial charge in [0.15, 0.2) is 0 Å². The second kappa shape index (κ2) is 4.47. The molecule has 1 aromatic heterocycles. The fourth-order valence-electron chi connectivity index (χ4n) is 1.37. The predicted molar refractivity (Wildman–Crippen MR) is 65.8 cm³/mol. The SMILES string of the molecule is C=C(C(=O)O)c1ccc(-c2ccc(Cl)cc2)o1. The van der Waals surface area contributed by atoms with Crippen molar-refractivity contribution >= 4 is 23.1 Å².